The second-order valence-corrected chi connectivity index (χ2v) is 5.82. The summed E-state index contributed by atoms with van der Waals surface area (Å²) in [6, 6.07) is 15.7. The van der Waals surface area contributed by atoms with Crippen LogP contribution in [0.1, 0.15) is 12.0 Å². The average molecular weight is 260 g/mol. The van der Waals surface area contributed by atoms with E-state index in [0.29, 0.717) is 5.41 Å². The van der Waals surface area contributed by atoms with Gasteiger partial charge in [0.25, 0.3) is 0 Å². The highest BCUT2D eigenvalue weighted by Gasteiger charge is 2.59. The molecule has 2 atom stereocenters. The number of likely N-dealkylation sites (N-methyl/N-ethyl adjacent to an activating group) is 1. The van der Waals surface area contributed by atoms with Crippen molar-refractivity contribution in [2.24, 2.45) is 5.92 Å². The maximum atomic E-state index is 2.48. The molecule has 1 heterocycles. The summed E-state index contributed by atoms with van der Waals surface area (Å²) in [6.45, 7) is 2.53. The number of rotatable bonds is 1. The maximum Gasteiger partial charge on any atom is 0.0124 e. The molecule has 0 N–H and O–H groups in total. The van der Waals surface area contributed by atoms with Crippen LogP contribution in [0, 0.1) is 5.92 Å². The summed E-state index contributed by atoms with van der Waals surface area (Å²) in [6.07, 6.45) is 1.40. The van der Waals surface area contributed by atoms with E-state index >= 15 is 0 Å². The largest absolute Gasteiger partial charge is 0.305 e. The predicted molar refractivity (Wildman–Crippen MR) is 78.5 cm³/mol. The number of hydrogen-bond acceptors (Lipinski definition) is 1. The number of fused-ring (bicyclic) bond motifs is 2. The fourth-order valence-electron chi connectivity index (χ4n) is 3.68. The SMILES string of the molecule is CN1C[C@H]2C[C@]2(c2ccc3ccccc3c2)C1.Cl. The number of hydrogen-bond donors (Lipinski definition) is 0. The molecule has 2 aromatic rings. The molecule has 2 fully saturated rings. The molecule has 1 saturated carbocycles. The molecular formula is C16H18ClN. The molecule has 0 unspecified atom stereocenters. The lowest BCUT2D eigenvalue weighted by atomic mass is 9.93. The highest BCUT2D eigenvalue weighted by molar-refractivity contribution is 5.85. The maximum absolute atomic E-state index is 2.48. The summed E-state index contributed by atoms with van der Waals surface area (Å²) >= 11 is 0. The fraction of sp³-hybridized carbons (Fsp3) is 0.375. The van der Waals surface area contributed by atoms with E-state index in [4.69, 9.17) is 0 Å². The van der Waals surface area contributed by atoms with Gasteiger partial charge in [0, 0.05) is 18.5 Å². The molecule has 0 radical (unpaired) electrons. The lowest BCUT2D eigenvalue weighted by Gasteiger charge is -2.17. The summed E-state index contributed by atoms with van der Waals surface area (Å²) in [5, 5.41) is 2.75. The zero-order chi connectivity index (χ0) is 11.5. The van der Waals surface area contributed by atoms with E-state index in [1.54, 1.807) is 5.56 Å². The van der Waals surface area contributed by atoms with Gasteiger partial charge in [-0.25, -0.2) is 0 Å². The molecule has 1 aliphatic heterocycles. The van der Waals surface area contributed by atoms with Crippen molar-refractivity contribution in [1.82, 2.24) is 4.90 Å². The Hall–Kier alpha value is -1.05. The van der Waals surface area contributed by atoms with E-state index in [9.17, 15) is 0 Å². The first kappa shape index (κ1) is 12.0. The smallest absolute Gasteiger partial charge is 0.0124 e. The molecule has 4 rings (SSSR count). The Morgan fingerprint density at radius 3 is 2.61 bits per heavy atom. The zero-order valence-electron chi connectivity index (χ0n) is 10.6. The molecule has 0 amide bonds. The zero-order valence-corrected chi connectivity index (χ0v) is 11.4. The van der Waals surface area contributed by atoms with Gasteiger partial charge in [0.1, 0.15) is 0 Å². The van der Waals surface area contributed by atoms with Gasteiger partial charge >= 0.3 is 0 Å². The molecule has 94 valence electrons. The average Bonchev–Trinajstić information content (AvgIpc) is 2.93. The van der Waals surface area contributed by atoms with Gasteiger partial charge in [0.05, 0.1) is 0 Å². The van der Waals surface area contributed by atoms with Crippen molar-refractivity contribution in [2.45, 2.75) is 11.8 Å². The van der Waals surface area contributed by atoms with Gasteiger partial charge in [-0.05, 0) is 35.7 Å². The van der Waals surface area contributed by atoms with Gasteiger partial charge in [0.15, 0.2) is 0 Å². The standard InChI is InChI=1S/C16H17N.ClH/c1-17-10-15-9-16(15,11-17)14-7-6-12-4-2-3-5-13(12)8-14;/h2-8,15H,9-11H2,1H3;1H/t15-,16-;/m1./s1. The fourth-order valence-corrected chi connectivity index (χ4v) is 3.68. The molecule has 2 aliphatic rings. The number of nitrogens with zero attached hydrogens (tertiary/aromatic N) is 1. The first-order valence-corrected chi connectivity index (χ1v) is 6.46. The van der Waals surface area contributed by atoms with Gasteiger partial charge in [-0.1, -0.05) is 42.5 Å². The Kier molecular flexibility index (Phi) is 2.65. The Morgan fingerprint density at radius 2 is 1.89 bits per heavy atom. The van der Waals surface area contributed by atoms with Gasteiger partial charge in [-0.2, -0.15) is 0 Å². The second kappa shape index (κ2) is 3.97. The third-order valence-electron chi connectivity index (χ3n) is 4.64. The van der Waals surface area contributed by atoms with E-state index in [2.05, 4.69) is 54.4 Å². The summed E-state index contributed by atoms with van der Waals surface area (Å²) in [7, 11) is 2.24. The molecule has 2 aromatic carbocycles. The van der Waals surface area contributed by atoms with Crippen LogP contribution < -0.4 is 0 Å². The van der Waals surface area contributed by atoms with Crippen molar-refractivity contribution < 1.29 is 0 Å². The van der Waals surface area contributed by atoms with Crippen LogP contribution in [0.4, 0.5) is 0 Å². The van der Waals surface area contributed by atoms with E-state index in [0.717, 1.165) is 5.92 Å². The van der Waals surface area contributed by atoms with E-state index < -0.39 is 0 Å². The summed E-state index contributed by atoms with van der Waals surface area (Å²) in [4.78, 5) is 2.48. The first-order chi connectivity index (χ1) is 8.28. The van der Waals surface area contributed by atoms with Crippen LogP contribution in [0.5, 0.6) is 0 Å². The molecule has 18 heavy (non-hydrogen) atoms. The van der Waals surface area contributed by atoms with Gasteiger partial charge in [0.2, 0.25) is 0 Å². The molecular weight excluding hydrogens is 242 g/mol. The minimum absolute atomic E-state index is 0. The molecule has 0 spiro atoms. The van der Waals surface area contributed by atoms with Crippen molar-refractivity contribution in [1.29, 1.82) is 0 Å². The van der Waals surface area contributed by atoms with E-state index in [1.807, 2.05) is 0 Å². The Labute approximate surface area is 114 Å². The Morgan fingerprint density at radius 1 is 1.11 bits per heavy atom. The minimum Gasteiger partial charge on any atom is -0.305 e. The number of benzene rings is 2. The second-order valence-electron chi connectivity index (χ2n) is 5.82. The van der Waals surface area contributed by atoms with Crippen molar-refractivity contribution in [3.63, 3.8) is 0 Å². The number of piperidine rings is 1. The van der Waals surface area contributed by atoms with E-state index in [-0.39, 0.29) is 12.4 Å². The van der Waals surface area contributed by atoms with Crippen LogP contribution in [0.15, 0.2) is 42.5 Å². The highest BCUT2D eigenvalue weighted by Crippen LogP contribution is 2.58. The first-order valence-electron chi connectivity index (χ1n) is 6.46. The van der Waals surface area contributed by atoms with Crippen LogP contribution in [-0.2, 0) is 5.41 Å². The van der Waals surface area contributed by atoms with Crippen molar-refractivity contribution in [3.05, 3.63) is 48.0 Å². The molecule has 1 saturated heterocycles. The quantitative estimate of drug-likeness (QED) is 0.758. The molecule has 0 bridgehead atoms. The third kappa shape index (κ3) is 1.58. The lowest BCUT2D eigenvalue weighted by Crippen LogP contribution is -2.22. The van der Waals surface area contributed by atoms with Gasteiger partial charge in [-0.3, -0.25) is 0 Å². The van der Waals surface area contributed by atoms with Crippen LogP contribution >= 0.6 is 12.4 Å². The normalized spacial score (nSPS) is 29.9. The number of halogens is 1. The van der Waals surface area contributed by atoms with Crippen LogP contribution in [0.25, 0.3) is 10.8 Å². The molecule has 1 nitrogen and oxygen atoms in total. The third-order valence-corrected chi connectivity index (χ3v) is 4.64. The summed E-state index contributed by atoms with van der Waals surface area (Å²) in [5.41, 5.74) is 2.06. The molecule has 2 heteroatoms. The van der Waals surface area contributed by atoms with Crippen molar-refractivity contribution >= 4 is 23.2 Å². The van der Waals surface area contributed by atoms with Crippen molar-refractivity contribution in [2.75, 3.05) is 20.1 Å². The van der Waals surface area contributed by atoms with Gasteiger partial charge < -0.3 is 4.90 Å². The predicted octanol–water partition coefficient (Wildman–Crippen LogP) is 3.46. The Bertz CT molecular complexity index is 594. The number of likely N-dealkylation sites (tertiary alicyclic amines) is 1. The Balaban J connectivity index is 0.000001000. The lowest BCUT2D eigenvalue weighted by molar-refractivity contribution is 0.363. The van der Waals surface area contributed by atoms with Crippen molar-refractivity contribution in [3.8, 4) is 0 Å². The van der Waals surface area contributed by atoms with Gasteiger partial charge in [-0.15, -0.1) is 12.4 Å². The highest BCUT2D eigenvalue weighted by atomic mass is 35.5. The van der Waals surface area contributed by atoms with Crippen LogP contribution in [0.3, 0.4) is 0 Å². The van der Waals surface area contributed by atoms with Crippen LogP contribution in [0.2, 0.25) is 0 Å². The summed E-state index contributed by atoms with van der Waals surface area (Å²) < 4.78 is 0. The molecule has 1 aliphatic carbocycles. The topological polar surface area (TPSA) is 3.24 Å². The monoisotopic (exact) mass is 259 g/mol. The molecule has 0 aromatic heterocycles. The van der Waals surface area contributed by atoms with E-state index in [1.165, 1.54) is 30.3 Å². The summed E-state index contributed by atoms with van der Waals surface area (Å²) in [5.74, 6) is 0.911. The van der Waals surface area contributed by atoms with Crippen LogP contribution in [-0.4, -0.2) is 25.0 Å². The minimum atomic E-state index is 0.